The number of halogens is 2. The molecule has 2 atom stereocenters. The predicted octanol–water partition coefficient (Wildman–Crippen LogP) is 3.92. The Balaban J connectivity index is 1.66. The van der Waals surface area contributed by atoms with E-state index in [9.17, 15) is 28.3 Å². The van der Waals surface area contributed by atoms with Gasteiger partial charge in [-0.05, 0) is 28.7 Å². The third-order valence-electron chi connectivity index (χ3n) is 5.56. The van der Waals surface area contributed by atoms with E-state index in [-0.39, 0.29) is 18.9 Å². The molecule has 0 aliphatic heterocycles. The van der Waals surface area contributed by atoms with Gasteiger partial charge in [-0.25, -0.2) is 18.4 Å². The number of aliphatic carboxylic acids is 1. The summed E-state index contributed by atoms with van der Waals surface area (Å²) in [6.07, 6.45) is -4.28. The highest BCUT2D eigenvalue weighted by molar-refractivity contribution is 5.89. The maximum Gasteiger partial charge on any atom is 0.407 e. The van der Waals surface area contributed by atoms with Crippen LogP contribution in [0.2, 0.25) is 0 Å². The van der Waals surface area contributed by atoms with Crippen molar-refractivity contribution in [2.24, 2.45) is 0 Å². The number of nitrogens with one attached hydrogen (secondary N) is 2. The highest BCUT2D eigenvalue weighted by atomic mass is 19.3. The molecule has 0 aromatic heterocycles. The number of carboxylic acid groups (broad SMARTS) is 1. The van der Waals surface area contributed by atoms with Gasteiger partial charge in [0.2, 0.25) is 12.3 Å². The number of hydrogen-bond donors (Lipinski definition) is 3. The number of benzene rings is 2. The molecule has 0 fully saturated rings. The normalized spacial score (nSPS) is 14.2. The molecule has 0 saturated heterocycles. The van der Waals surface area contributed by atoms with Gasteiger partial charge in [-0.15, -0.1) is 0 Å². The second kappa shape index (κ2) is 10.9. The lowest BCUT2D eigenvalue weighted by atomic mass is 9.98. The van der Waals surface area contributed by atoms with Gasteiger partial charge in [0.1, 0.15) is 18.7 Å². The Kier molecular flexibility index (Phi) is 7.97. The first kappa shape index (κ1) is 24.2. The van der Waals surface area contributed by atoms with Crippen LogP contribution in [0.1, 0.15) is 43.2 Å². The van der Waals surface area contributed by atoms with Crippen molar-refractivity contribution in [3.63, 3.8) is 0 Å². The molecule has 1 unspecified atom stereocenters. The molecule has 9 heteroatoms. The molecule has 2 aromatic rings. The monoisotopic (exact) mass is 460 g/mol. The van der Waals surface area contributed by atoms with E-state index in [1.54, 1.807) is 6.92 Å². The first-order valence-corrected chi connectivity index (χ1v) is 10.7. The number of hydrogen-bond acceptors (Lipinski definition) is 4. The first-order valence-electron chi connectivity index (χ1n) is 10.7. The Morgan fingerprint density at radius 1 is 0.970 bits per heavy atom. The van der Waals surface area contributed by atoms with Crippen LogP contribution in [0.5, 0.6) is 0 Å². The molecule has 0 bridgehead atoms. The van der Waals surface area contributed by atoms with Crippen molar-refractivity contribution in [2.75, 3.05) is 6.61 Å². The van der Waals surface area contributed by atoms with E-state index in [1.165, 1.54) is 0 Å². The van der Waals surface area contributed by atoms with Crippen LogP contribution in [-0.4, -0.2) is 48.2 Å². The van der Waals surface area contributed by atoms with Crippen LogP contribution in [0, 0.1) is 0 Å². The van der Waals surface area contributed by atoms with Crippen LogP contribution in [0.4, 0.5) is 13.6 Å². The molecule has 2 amide bonds. The van der Waals surface area contributed by atoms with Gasteiger partial charge in [0.15, 0.2) is 0 Å². The molecular weight excluding hydrogens is 434 g/mol. The average Bonchev–Trinajstić information content (AvgIpc) is 3.10. The molecule has 3 rings (SSSR count). The highest BCUT2D eigenvalue weighted by Crippen LogP contribution is 2.44. The molecule has 1 aliphatic carbocycles. The molecule has 0 radical (unpaired) electrons. The third kappa shape index (κ3) is 5.85. The van der Waals surface area contributed by atoms with E-state index in [1.807, 2.05) is 48.5 Å². The molecule has 0 saturated carbocycles. The van der Waals surface area contributed by atoms with Crippen LogP contribution in [0.25, 0.3) is 11.1 Å². The second-order valence-electron chi connectivity index (χ2n) is 7.84. The Morgan fingerprint density at radius 3 is 2.06 bits per heavy atom. The summed E-state index contributed by atoms with van der Waals surface area (Å²) >= 11 is 0. The molecule has 2 aromatic carbocycles. The van der Waals surface area contributed by atoms with Gasteiger partial charge in [-0.2, -0.15) is 0 Å². The fourth-order valence-corrected chi connectivity index (χ4v) is 4.01. The summed E-state index contributed by atoms with van der Waals surface area (Å²) in [5.74, 6) is -2.50. The number of carbonyl (C=O) groups is 3. The predicted molar refractivity (Wildman–Crippen MR) is 117 cm³/mol. The van der Waals surface area contributed by atoms with Gasteiger partial charge in [-0.1, -0.05) is 61.9 Å². The van der Waals surface area contributed by atoms with Gasteiger partial charge in [0.25, 0.3) is 0 Å². The maximum absolute atomic E-state index is 13.0. The van der Waals surface area contributed by atoms with Crippen LogP contribution in [-0.2, 0) is 14.3 Å². The molecule has 1 aliphatic rings. The quantitative estimate of drug-likeness (QED) is 0.499. The highest BCUT2D eigenvalue weighted by Gasteiger charge is 2.31. The number of fused-ring (bicyclic) bond motifs is 3. The minimum atomic E-state index is -2.89. The minimum absolute atomic E-state index is 0.0452. The number of alkyl carbamates (subject to hydrolysis) is 1. The van der Waals surface area contributed by atoms with Gasteiger partial charge in [0.05, 0.1) is 0 Å². The zero-order valence-corrected chi connectivity index (χ0v) is 18.1. The van der Waals surface area contributed by atoms with Crippen LogP contribution in [0.3, 0.4) is 0 Å². The number of carbonyl (C=O) groups excluding carboxylic acids is 2. The molecular formula is C24H26F2N2O5. The fraction of sp³-hybridized carbons (Fsp3) is 0.375. The fourth-order valence-electron chi connectivity index (χ4n) is 4.01. The largest absolute Gasteiger partial charge is 0.480 e. The maximum atomic E-state index is 13.0. The summed E-state index contributed by atoms with van der Waals surface area (Å²) in [4.78, 5) is 36.1. The Bertz CT molecular complexity index is 968. The lowest BCUT2D eigenvalue weighted by molar-refractivity contribution is -0.142. The van der Waals surface area contributed by atoms with Crippen LogP contribution < -0.4 is 10.6 Å². The standard InChI is InChI=1S/C24H26F2N2O5/c1-2-7-19(23(30)31)27-22(29)20(12-21(25)26)28-24(32)33-13-18-16-10-5-3-8-14(16)15-9-4-6-11-17(15)18/h3-6,8-11,18-21H,2,7,12-13H2,1H3,(H,27,29)(H,28,32)(H,30,31)/t19-,20?/m0/s1. The Morgan fingerprint density at radius 2 is 1.55 bits per heavy atom. The van der Waals surface area contributed by atoms with Crippen molar-refractivity contribution >= 4 is 18.0 Å². The van der Waals surface area contributed by atoms with Crippen molar-refractivity contribution in [3.8, 4) is 11.1 Å². The Labute approximate surface area is 190 Å². The molecule has 0 spiro atoms. The molecule has 7 nitrogen and oxygen atoms in total. The van der Waals surface area contributed by atoms with E-state index < -0.39 is 42.9 Å². The topological polar surface area (TPSA) is 105 Å². The SMILES string of the molecule is CCC[C@H](NC(=O)C(CC(F)F)NC(=O)OCC1c2ccccc2-c2ccccc21)C(=O)O. The van der Waals surface area contributed by atoms with E-state index in [4.69, 9.17) is 4.74 Å². The summed E-state index contributed by atoms with van der Waals surface area (Å²) in [6.45, 7) is 1.68. The van der Waals surface area contributed by atoms with Crippen LogP contribution >= 0.6 is 0 Å². The second-order valence-corrected chi connectivity index (χ2v) is 7.84. The number of rotatable bonds is 10. The van der Waals surface area contributed by atoms with Crippen molar-refractivity contribution in [1.29, 1.82) is 0 Å². The summed E-state index contributed by atoms with van der Waals surface area (Å²) in [5, 5.41) is 13.6. The summed E-state index contributed by atoms with van der Waals surface area (Å²) in [5.41, 5.74) is 4.04. The van der Waals surface area contributed by atoms with E-state index in [2.05, 4.69) is 10.6 Å². The molecule has 33 heavy (non-hydrogen) atoms. The van der Waals surface area contributed by atoms with Gasteiger partial charge in [-0.3, -0.25) is 4.79 Å². The molecule has 3 N–H and O–H groups in total. The minimum Gasteiger partial charge on any atom is -0.480 e. The van der Waals surface area contributed by atoms with E-state index in [0.717, 1.165) is 22.3 Å². The van der Waals surface area contributed by atoms with E-state index in [0.29, 0.717) is 6.42 Å². The van der Waals surface area contributed by atoms with Gasteiger partial charge in [0, 0.05) is 12.3 Å². The number of ether oxygens (including phenoxy) is 1. The Hall–Kier alpha value is -3.49. The lowest BCUT2D eigenvalue weighted by Crippen LogP contribution is -2.52. The number of alkyl halides is 2. The molecule has 176 valence electrons. The van der Waals surface area contributed by atoms with Gasteiger partial charge >= 0.3 is 12.1 Å². The summed E-state index contributed by atoms with van der Waals surface area (Å²) in [7, 11) is 0. The van der Waals surface area contributed by atoms with Gasteiger partial charge < -0.3 is 20.5 Å². The van der Waals surface area contributed by atoms with Crippen molar-refractivity contribution in [3.05, 3.63) is 59.7 Å². The average molecular weight is 460 g/mol. The van der Waals surface area contributed by atoms with Crippen molar-refractivity contribution in [1.82, 2.24) is 10.6 Å². The number of amides is 2. The molecule has 0 heterocycles. The summed E-state index contributed by atoms with van der Waals surface area (Å²) in [6, 6.07) is 12.6. The van der Waals surface area contributed by atoms with Crippen molar-refractivity contribution < 1.29 is 33.0 Å². The zero-order valence-electron chi connectivity index (χ0n) is 18.1. The van der Waals surface area contributed by atoms with Crippen molar-refractivity contribution in [2.45, 2.75) is 50.6 Å². The first-order chi connectivity index (χ1) is 15.8. The van der Waals surface area contributed by atoms with E-state index >= 15 is 0 Å². The third-order valence-corrected chi connectivity index (χ3v) is 5.56. The smallest absolute Gasteiger partial charge is 0.407 e. The summed E-state index contributed by atoms with van der Waals surface area (Å²) < 4.78 is 31.3. The lowest BCUT2D eigenvalue weighted by Gasteiger charge is -2.21. The van der Waals surface area contributed by atoms with Crippen LogP contribution in [0.15, 0.2) is 48.5 Å². The number of carboxylic acids is 1. The zero-order chi connectivity index (χ0) is 24.0.